The average molecular weight is 213 g/mol. The van der Waals surface area contributed by atoms with E-state index < -0.39 is 17.9 Å². The van der Waals surface area contributed by atoms with Gasteiger partial charge in [0.1, 0.15) is 0 Å². The van der Waals surface area contributed by atoms with Crippen LogP contribution < -0.4 is 11.1 Å². The monoisotopic (exact) mass is 213 g/mol. The third kappa shape index (κ3) is 4.98. The Kier molecular flexibility index (Phi) is 6.06. The lowest BCUT2D eigenvalue weighted by Crippen LogP contribution is -2.47. The van der Waals surface area contributed by atoms with Crippen LogP contribution in [-0.4, -0.2) is 31.1 Å². The molecule has 0 saturated heterocycles. The summed E-state index contributed by atoms with van der Waals surface area (Å²) < 4.78 is 4.57. The Labute approximate surface area is 88.4 Å². The molecule has 0 radical (unpaired) electrons. The number of amides is 1. The van der Waals surface area contributed by atoms with Gasteiger partial charge >= 0.3 is 5.97 Å². The molecule has 3 N–H and O–H groups in total. The molecule has 0 bridgehead atoms. The topological polar surface area (TPSA) is 105 Å². The van der Waals surface area contributed by atoms with Crippen molar-refractivity contribution in [3.8, 4) is 6.07 Å². The molecule has 15 heavy (non-hydrogen) atoms. The number of nitrogens with two attached hydrogens (primary N) is 1. The van der Waals surface area contributed by atoms with Crippen LogP contribution >= 0.6 is 0 Å². The number of carbonyl (C=O) groups is 2. The van der Waals surface area contributed by atoms with Gasteiger partial charge in [-0.15, -0.1) is 0 Å². The Hall–Kier alpha value is -1.61. The van der Waals surface area contributed by atoms with Crippen LogP contribution in [0.1, 0.15) is 13.8 Å². The molecule has 6 heteroatoms. The van der Waals surface area contributed by atoms with Crippen molar-refractivity contribution in [2.45, 2.75) is 19.9 Å². The highest BCUT2D eigenvalue weighted by molar-refractivity contribution is 6.01. The SMILES string of the molecule is CCOC(=O)C(N)C(=O)NCC(C)C#N. The van der Waals surface area contributed by atoms with Gasteiger partial charge in [0.25, 0.3) is 0 Å². The van der Waals surface area contributed by atoms with Gasteiger partial charge in [-0.1, -0.05) is 0 Å². The Morgan fingerprint density at radius 3 is 2.67 bits per heavy atom. The second-order valence-electron chi connectivity index (χ2n) is 3.01. The fourth-order valence-electron chi connectivity index (χ4n) is 0.748. The molecule has 1 amide bonds. The van der Waals surface area contributed by atoms with Crippen LogP contribution in [-0.2, 0) is 14.3 Å². The Morgan fingerprint density at radius 1 is 1.60 bits per heavy atom. The van der Waals surface area contributed by atoms with E-state index in [1.165, 1.54) is 0 Å². The molecule has 84 valence electrons. The molecule has 0 heterocycles. The first kappa shape index (κ1) is 13.4. The van der Waals surface area contributed by atoms with E-state index in [1.807, 2.05) is 6.07 Å². The van der Waals surface area contributed by atoms with Crippen LogP contribution in [0.15, 0.2) is 0 Å². The minimum Gasteiger partial charge on any atom is -0.464 e. The lowest BCUT2D eigenvalue weighted by Gasteiger charge is -2.11. The van der Waals surface area contributed by atoms with Crippen LogP contribution in [0.2, 0.25) is 0 Å². The fourth-order valence-corrected chi connectivity index (χ4v) is 0.748. The van der Waals surface area contributed by atoms with Crippen molar-refractivity contribution in [1.29, 1.82) is 5.26 Å². The second-order valence-corrected chi connectivity index (χ2v) is 3.01. The number of nitrogens with zero attached hydrogens (tertiary/aromatic N) is 1. The summed E-state index contributed by atoms with van der Waals surface area (Å²) in [5.41, 5.74) is 5.30. The van der Waals surface area contributed by atoms with E-state index in [-0.39, 0.29) is 19.1 Å². The molecule has 0 aromatic rings. The quantitative estimate of drug-likeness (QED) is 0.457. The number of esters is 1. The Morgan fingerprint density at radius 2 is 2.20 bits per heavy atom. The molecular formula is C9H15N3O3. The van der Waals surface area contributed by atoms with Crippen LogP contribution in [0, 0.1) is 17.2 Å². The van der Waals surface area contributed by atoms with Crippen LogP contribution in [0.5, 0.6) is 0 Å². The lowest BCUT2D eigenvalue weighted by atomic mass is 10.2. The molecule has 0 rings (SSSR count). The van der Waals surface area contributed by atoms with Gasteiger partial charge in [0.2, 0.25) is 5.91 Å². The maximum atomic E-state index is 11.2. The molecule has 0 aliphatic carbocycles. The number of ether oxygens (including phenoxy) is 1. The van der Waals surface area contributed by atoms with E-state index in [4.69, 9.17) is 11.0 Å². The van der Waals surface area contributed by atoms with E-state index in [2.05, 4.69) is 10.1 Å². The maximum absolute atomic E-state index is 11.2. The van der Waals surface area contributed by atoms with Crippen molar-refractivity contribution in [2.24, 2.45) is 11.7 Å². The molecule has 0 saturated carbocycles. The summed E-state index contributed by atoms with van der Waals surface area (Å²) in [6, 6.07) is 0.619. The molecular weight excluding hydrogens is 198 g/mol. The first-order chi connectivity index (χ1) is 7.02. The molecule has 0 fully saturated rings. The summed E-state index contributed by atoms with van der Waals surface area (Å²) in [6.07, 6.45) is 0. The van der Waals surface area contributed by atoms with Crippen molar-refractivity contribution >= 4 is 11.9 Å². The summed E-state index contributed by atoms with van der Waals surface area (Å²) in [5.74, 6) is -1.71. The number of rotatable bonds is 5. The van der Waals surface area contributed by atoms with Crippen LogP contribution in [0.4, 0.5) is 0 Å². The predicted octanol–water partition coefficient (Wildman–Crippen LogP) is -0.847. The molecule has 0 aliphatic rings. The zero-order chi connectivity index (χ0) is 11.8. The molecule has 2 unspecified atom stereocenters. The summed E-state index contributed by atoms with van der Waals surface area (Å²) in [4.78, 5) is 22.3. The van der Waals surface area contributed by atoms with Gasteiger partial charge in [-0.05, 0) is 13.8 Å². The maximum Gasteiger partial charge on any atom is 0.332 e. The van der Waals surface area contributed by atoms with E-state index in [0.717, 1.165) is 0 Å². The number of carbonyl (C=O) groups excluding carboxylic acids is 2. The minimum atomic E-state index is -1.32. The third-order valence-electron chi connectivity index (χ3n) is 1.63. The van der Waals surface area contributed by atoms with Gasteiger partial charge in [-0.3, -0.25) is 4.79 Å². The minimum absolute atomic E-state index is 0.169. The van der Waals surface area contributed by atoms with Gasteiger partial charge in [0.15, 0.2) is 6.04 Å². The number of hydrogen-bond acceptors (Lipinski definition) is 5. The largest absolute Gasteiger partial charge is 0.464 e. The molecule has 0 aliphatic heterocycles. The highest BCUT2D eigenvalue weighted by Gasteiger charge is 2.23. The third-order valence-corrected chi connectivity index (χ3v) is 1.63. The van der Waals surface area contributed by atoms with Crippen LogP contribution in [0.25, 0.3) is 0 Å². The fraction of sp³-hybridized carbons (Fsp3) is 0.667. The molecule has 0 spiro atoms. The van der Waals surface area contributed by atoms with E-state index in [1.54, 1.807) is 13.8 Å². The van der Waals surface area contributed by atoms with Crippen molar-refractivity contribution in [3.05, 3.63) is 0 Å². The Bertz CT molecular complexity index is 272. The Balaban J connectivity index is 4.00. The van der Waals surface area contributed by atoms with Crippen molar-refractivity contribution in [2.75, 3.05) is 13.2 Å². The van der Waals surface area contributed by atoms with Gasteiger partial charge < -0.3 is 15.8 Å². The summed E-state index contributed by atoms with van der Waals surface area (Å²) >= 11 is 0. The average Bonchev–Trinajstić information content (AvgIpc) is 2.24. The first-order valence-corrected chi connectivity index (χ1v) is 4.62. The summed E-state index contributed by atoms with van der Waals surface area (Å²) in [6.45, 7) is 3.62. The van der Waals surface area contributed by atoms with Crippen molar-refractivity contribution in [3.63, 3.8) is 0 Å². The zero-order valence-corrected chi connectivity index (χ0v) is 8.82. The van der Waals surface area contributed by atoms with Crippen molar-refractivity contribution < 1.29 is 14.3 Å². The van der Waals surface area contributed by atoms with Gasteiger partial charge in [-0.25, -0.2) is 4.79 Å². The highest BCUT2D eigenvalue weighted by atomic mass is 16.5. The number of nitrogens with one attached hydrogen (secondary N) is 1. The molecule has 6 nitrogen and oxygen atoms in total. The molecule has 2 atom stereocenters. The standard InChI is InChI=1S/C9H15N3O3/c1-3-15-9(14)7(11)8(13)12-5-6(2)4-10/h6-7H,3,5,11H2,1-2H3,(H,12,13). The number of nitriles is 1. The lowest BCUT2D eigenvalue weighted by molar-refractivity contribution is -0.148. The van der Waals surface area contributed by atoms with Crippen molar-refractivity contribution in [1.82, 2.24) is 5.32 Å². The number of hydrogen-bond donors (Lipinski definition) is 2. The molecule has 0 aromatic carbocycles. The van der Waals surface area contributed by atoms with E-state index in [0.29, 0.717) is 0 Å². The summed E-state index contributed by atoms with van der Waals surface area (Å²) in [5, 5.41) is 10.8. The van der Waals surface area contributed by atoms with E-state index in [9.17, 15) is 9.59 Å². The molecule has 0 aromatic heterocycles. The predicted molar refractivity (Wildman–Crippen MR) is 52.4 cm³/mol. The van der Waals surface area contributed by atoms with E-state index >= 15 is 0 Å². The second kappa shape index (κ2) is 6.79. The first-order valence-electron chi connectivity index (χ1n) is 4.62. The summed E-state index contributed by atoms with van der Waals surface area (Å²) in [7, 11) is 0. The normalized spacial score (nSPS) is 13.5. The van der Waals surface area contributed by atoms with Crippen LogP contribution in [0.3, 0.4) is 0 Å². The zero-order valence-electron chi connectivity index (χ0n) is 8.82. The highest BCUT2D eigenvalue weighted by Crippen LogP contribution is 1.90. The smallest absolute Gasteiger partial charge is 0.332 e. The van der Waals surface area contributed by atoms with Gasteiger partial charge in [0.05, 0.1) is 18.6 Å². The van der Waals surface area contributed by atoms with Gasteiger partial charge in [0, 0.05) is 6.54 Å². The van der Waals surface area contributed by atoms with Gasteiger partial charge in [-0.2, -0.15) is 5.26 Å².